The van der Waals surface area contributed by atoms with Crippen molar-refractivity contribution in [3.63, 3.8) is 0 Å². The molecule has 0 aliphatic heterocycles. The number of carbonyl (C=O) groups is 3. The van der Waals surface area contributed by atoms with Gasteiger partial charge < -0.3 is 10.8 Å². The third-order valence-corrected chi connectivity index (χ3v) is 3.99. The Morgan fingerprint density at radius 2 is 1.52 bits per heavy atom. The highest BCUT2D eigenvalue weighted by Crippen LogP contribution is 2.29. The molecule has 130 valence electrons. The normalized spacial score (nSPS) is 11.9. The topological polar surface area (TPSA) is 97.5 Å². The molecule has 3 N–H and O–H groups in total. The van der Waals surface area contributed by atoms with Crippen molar-refractivity contribution in [2.24, 2.45) is 5.73 Å². The maximum atomic E-state index is 12.4. The highest BCUT2D eigenvalue weighted by atomic mass is 16.4. The first-order valence-corrected chi connectivity index (χ1v) is 8.27. The van der Waals surface area contributed by atoms with E-state index in [9.17, 15) is 14.4 Å². The minimum atomic E-state index is -1.21. The molecule has 25 heavy (non-hydrogen) atoms. The van der Waals surface area contributed by atoms with E-state index in [4.69, 9.17) is 10.8 Å². The molecule has 1 aliphatic carbocycles. The van der Waals surface area contributed by atoms with E-state index < -0.39 is 11.8 Å². The van der Waals surface area contributed by atoms with Crippen molar-refractivity contribution in [3.05, 3.63) is 70.3 Å². The number of carboxylic acids is 1. The number of benzene rings is 2. The third kappa shape index (κ3) is 3.83. The second kappa shape index (κ2) is 8.35. The van der Waals surface area contributed by atoms with E-state index in [1.165, 1.54) is 43.5 Å². The fourth-order valence-corrected chi connectivity index (χ4v) is 2.72. The van der Waals surface area contributed by atoms with E-state index in [0.717, 1.165) is 6.54 Å². The summed E-state index contributed by atoms with van der Waals surface area (Å²) >= 11 is 0. The molecule has 0 amide bonds. The van der Waals surface area contributed by atoms with Crippen LogP contribution in [0, 0.1) is 0 Å². The van der Waals surface area contributed by atoms with Crippen LogP contribution >= 0.6 is 0 Å². The molecular weight excluding hydrogens is 318 g/mol. The molecule has 1 aliphatic rings. The van der Waals surface area contributed by atoms with Crippen LogP contribution in [0.3, 0.4) is 0 Å². The van der Waals surface area contributed by atoms with Crippen molar-refractivity contribution in [2.45, 2.75) is 26.2 Å². The Balaban J connectivity index is 0.000000326. The van der Waals surface area contributed by atoms with Crippen LogP contribution in [0.5, 0.6) is 0 Å². The molecule has 5 heteroatoms. The van der Waals surface area contributed by atoms with Crippen molar-refractivity contribution >= 4 is 17.5 Å². The third-order valence-electron chi connectivity index (χ3n) is 3.99. The molecule has 0 saturated heterocycles. The summed E-state index contributed by atoms with van der Waals surface area (Å²) in [6, 6.07) is 10.7. The lowest BCUT2D eigenvalue weighted by molar-refractivity contribution is 0.0692. The van der Waals surface area contributed by atoms with Crippen LogP contribution in [0.1, 0.15) is 68.4 Å². The molecule has 3 rings (SSSR count). The van der Waals surface area contributed by atoms with Gasteiger partial charge in [-0.25, -0.2) is 4.79 Å². The van der Waals surface area contributed by atoms with E-state index in [1.807, 2.05) is 0 Å². The predicted molar refractivity (Wildman–Crippen MR) is 95.3 cm³/mol. The van der Waals surface area contributed by atoms with Gasteiger partial charge in [-0.05, 0) is 19.0 Å². The maximum Gasteiger partial charge on any atom is 0.336 e. The van der Waals surface area contributed by atoms with E-state index in [2.05, 4.69) is 6.92 Å². The van der Waals surface area contributed by atoms with Crippen LogP contribution < -0.4 is 5.73 Å². The number of hydrogen-bond acceptors (Lipinski definition) is 4. The smallest absolute Gasteiger partial charge is 0.336 e. The molecule has 0 spiro atoms. The van der Waals surface area contributed by atoms with Crippen molar-refractivity contribution in [2.75, 3.05) is 6.54 Å². The van der Waals surface area contributed by atoms with Crippen LogP contribution in [0.15, 0.2) is 42.5 Å². The maximum absolute atomic E-state index is 12.4. The molecular formula is C20H21NO4. The Labute approximate surface area is 146 Å². The molecule has 0 fully saturated rings. The number of aromatic carboxylic acids is 1. The van der Waals surface area contributed by atoms with Gasteiger partial charge in [-0.2, -0.15) is 0 Å². The summed E-state index contributed by atoms with van der Waals surface area (Å²) in [7, 11) is 0. The van der Waals surface area contributed by atoms with Crippen LogP contribution in [-0.4, -0.2) is 29.2 Å². The van der Waals surface area contributed by atoms with Gasteiger partial charge in [-0.1, -0.05) is 56.2 Å². The quantitative estimate of drug-likeness (QED) is 0.711. The Kier molecular flexibility index (Phi) is 6.19. The summed E-state index contributed by atoms with van der Waals surface area (Å²) in [5.74, 6) is -1.94. The standard InChI is InChI=1S/C15H8O4.C5H13N/c16-13-8-4-1-2-5-9(8)14(17)12-10(13)6-3-7-11(12)15(18)19;1-2-3-4-5-6/h1-7H,(H,18,19);2-6H2,1H3. The van der Waals surface area contributed by atoms with Crippen LogP contribution in [-0.2, 0) is 0 Å². The molecule has 0 unspecified atom stereocenters. The first-order chi connectivity index (χ1) is 12.0. The summed E-state index contributed by atoms with van der Waals surface area (Å²) < 4.78 is 0. The van der Waals surface area contributed by atoms with Crippen LogP contribution in [0.4, 0.5) is 0 Å². The highest BCUT2D eigenvalue weighted by molar-refractivity contribution is 6.30. The largest absolute Gasteiger partial charge is 0.478 e. The van der Waals surface area contributed by atoms with Gasteiger partial charge in [0, 0.05) is 22.3 Å². The van der Waals surface area contributed by atoms with E-state index in [1.54, 1.807) is 18.2 Å². The number of rotatable bonds is 4. The lowest BCUT2D eigenvalue weighted by Crippen LogP contribution is -2.23. The zero-order valence-corrected chi connectivity index (χ0v) is 14.1. The first-order valence-electron chi connectivity index (χ1n) is 8.27. The molecule has 0 bridgehead atoms. The second-order valence-electron chi connectivity index (χ2n) is 5.73. The zero-order valence-electron chi connectivity index (χ0n) is 14.1. The van der Waals surface area contributed by atoms with Gasteiger partial charge in [-0.3, -0.25) is 9.59 Å². The van der Waals surface area contributed by atoms with Gasteiger partial charge in [0.1, 0.15) is 0 Å². The van der Waals surface area contributed by atoms with Crippen molar-refractivity contribution < 1.29 is 19.5 Å². The minimum Gasteiger partial charge on any atom is -0.478 e. The lowest BCUT2D eigenvalue weighted by Gasteiger charge is -2.18. The van der Waals surface area contributed by atoms with Crippen LogP contribution in [0.25, 0.3) is 0 Å². The number of nitrogens with two attached hydrogens (primary N) is 1. The molecule has 2 aromatic rings. The summed E-state index contributed by atoms with van der Waals surface area (Å²) in [5, 5.41) is 9.13. The average Bonchev–Trinajstić information content (AvgIpc) is 2.64. The summed E-state index contributed by atoms with van der Waals surface area (Å²) in [6.07, 6.45) is 3.75. The number of carbonyl (C=O) groups excluding carboxylic acids is 2. The van der Waals surface area contributed by atoms with Gasteiger partial charge in [0.25, 0.3) is 0 Å². The number of carboxylic acid groups (broad SMARTS) is 1. The van der Waals surface area contributed by atoms with Gasteiger partial charge in [0.05, 0.1) is 5.56 Å². The highest BCUT2D eigenvalue weighted by Gasteiger charge is 2.32. The van der Waals surface area contributed by atoms with Gasteiger partial charge >= 0.3 is 5.97 Å². The minimum absolute atomic E-state index is 0.0151. The van der Waals surface area contributed by atoms with E-state index in [0.29, 0.717) is 5.56 Å². The first kappa shape index (κ1) is 18.5. The Morgan fingerprint density at radius 1 is 0.920 bits per heavy atom. The zero-order chi connectivity index (χ0) is 18.4. The average molecular weight is 339 g/mol. The molecule has 0 saturated carbocycles. The van der Waals surface area contributed by atoms with Crippen LogP contribution in [0.2, 0.25) is 0 Å². The molecule has 0 aromatic heterocycles. The Bertz CT molecular complexity index is 807. The van der Waals surface area contributed by atoms with Gasteiger partial charge in [-0.15, -0.1) is 0 Å². The summed E-state index contributed by atoms with van der Waals surface area (Å²) in [5.41, 5.74) is 5.80. The Hall–Kier alpha value is -2.79. The van der Waals surface area contributed by atoms with E-state index >= 15 is 0 Å². The summed E-state index contributed by atoms with van der Waals surface area (Å²) in [4.78, 5) is 35.8. The molecule has 0 radical (unpaired) electrons. The number of ketones is 2. The fourth-order valence-electron chi connectivity index (χ4n) is 2.72. The number of hydrogen-bond donors (Lipinski definition) is 2. The van der Waals surface area contributed by atoms with Gasteiger partial charge in [0.15, 0.2) is 11.6 Å². The number of unbranched alkanes of at least 4 members (excludes halogenated alkanes) is 2. The SMILES string of the molecule is CCCCCN.O=C(O)c1cccc2c1C(=O)c1ccccc1C2=O. The summed E-state index contributed by atoms with van der Waals surface area (Å²) in [6.45, 7) is 3.03. The van der Waals surface area contributed by atoms with Gasteiger partial charge in [0.2, 0.25) is 0 Å². The molecule has 0 heterocycles. The van der Waals surface area contributed by atoms with Crippen molar-refractivity contribution in [1.82, 2.24) is 0 Å². The number of fused-ring (bicyclic) bond motifs is 2. The lowest BCUT2D eigenvalue weighted by atomic mass is 9.82. The monoisotopic (exact) mass is 339 g/mol. The molecule has 5 nitrogen and oxygen atoms in total. The molecule has 0 atom stereocenters. The molecule has 2 aromatic carbocycles. The second-order valence-corrected chi connectivity index (χ2v) is 5.73. The van der Waals surface area contributed by atoms with Crippen molar-refractivity contribution in [1.29, 1.82) is 0 Å². The predicted octanol–water partition coefficient (Wildman–Crippen LogP) is 3.30. The fraction of sp³-hybridized carbons (Fsp3) is 0.250. The van der Waals surface area contributed by atoms with E-state index in [-0.39, 0.29) is 28.0 Å². The van der Waals surface area contributed by atoms with Crippen molar-refractivity contribution in [3.8, 4) is 0 Å². The Morgan fingerprint density at radius 3 is 2.04 bits per heavy atom.